The SMILES string of the molecule is CC(=O)Nc1ccccc1Oc1ccc(Br)cc1N. The van der Waals surface area contributed by atoms with Gasteiger partial charge in [-0.2, -0.15) is 0 Å². The maximum atomic E-state index is 11.1. The third-order valence-electron chi connectivity index (χ3n) is 2.39. The van der Waals surface area contributed by atoms with Crippen LogP contribution in [-0.4, -0.2) is 5.91 Å². The highest BCUT2D eigenvalue weighted by atomic mass is 79.9. The number of benzene rings is 2. The minimum Gasteiger partial charge on any atom is -0.453 e. The summed E-state index contributed by atoms with van der Waals surface area (Å²) >= 11 is 3.34. The number of nitrogens with one attached hydrogen (secondary N) is 1. The molecule has 0 aromatic heterocycles. The molecule has 5 heteroatoms. The quantitative estimate of drug-likeness (QED) is 0.846. The van der Waals surface area contributed by atoms with Crippen molar-refractivity contribution in [3.05, 3.63) is 46.9 Å². The summed E-state index contributed by atoms with van der Waals surface area (Å²) in [6.45, 7) is 1.45. The van der Waals surface area contributed by atoms with Crippen molar-refractivity contribution in [1.29, 1.82) is 0 Å². The number of anilines is 2. The van der Waals surface area contributed by atoms with Crippen molar-refractivity contribution in [3.63, 3.8) is 0 Å². The number of nitrogens with two attached hydrogens (primary N) is 1. The molecular formula is C14H13BrN2O2. The molecule has 2 rings (SSSR count). The highest BCUT2D eigenvalue weighted by Crippen LogP contribution is 2.33. The van der Waals surface area contributed by atoms with Crippen molar-refractivity contribution in [2.45, 2.75) is 6.92 Å². The van der Waals surface area contributed by atoms with Crippen molar-refractivity contribution in [2.75, 3.05) is 11.1 Å². The Morgan fingerprint density at radius 3 is 2.63 bits per heavy atom. The number of para-hydroxylation sites is 2. The zero-order chi connectivity index (χ0) is 13.8. The Morgan fingerprint density at radius 2 is 1.95 bits per heavy atom. The molecule has 19 heavy (non-hydrogen) atoms. The topological polar surface area (TPSA) is 64.3 Å². The van der Waals surface area contributed by atoms with E-state index in [0.717, 1.165) is 4.47 Å². The second kappa shape index (κ2) is 5.75. The first-order chi connectivity index (χ1) is 9.06. The Labute approximate surface area is 119 Å². The van der Waals surface area contributed by atoms with Gasteiger partial charge in [0.05, 0.1) is 11.4 Å². The molecule has 3 N–H and O–H groups in total. The maximum absolute atomic E-state index is 11.1. The molecular weight excluding hydrogens is 308 g/mol. The molecule has 0 aliphatic carbocycles. The highest BCUT2D eigenvalue weighted by Gasteiger charge is 2.08. The number of carbonyl (C=O) groups is 1. The zero-order valence-electron chi connectivity index (χ0n) is 10.3. The molecule has 0 unspecified atom stereocenters. The minimum absolute atomic E-state index is 0.153. The van der Waals surface area contributed by atoms with E-state index in [4.69, 9.17) is 10.5 Å². The van der Waals surface area contributed by atoms with Gasteiger partial charge in [0.25, 0.3) is 0 Å². The Hall–Kier alpha value is -2.01. The van der Waals surface area contributed by atoms with E-state index in [1.54, 1.807) is 24.3 Å². The van der Waals surface area contributed by atoms with E-state index >= 15 is 0 Å². The second-order valence-electron chi connectivity index (χ2n) is 3.96. The fraction of sp³-hybridized carbons (Fsp3) is 0.0714. The average Bonchev–Trinajstić information content (AvgIpc) is 2.34. The van der Waals surface area contributed by atoms with Gasteiger partial charge in [0.2, 0.25) is 5.91 Å². The number of hydrogen-bond acceptors (Lipinski definition) is 3. The number of hydrogen-bond donors (Lipinski definition) is 2. The van der Waals surface area contributed by atoms with Crippen LogP contribution < -0.4 is 15.8 Å². The van der Waals surface area contributed by atoms with Crippen LogP contribution in [0.1, 0.15) is 6.92 Å². The van der Waals surface area contributed by atoms with Gasteiger partial charge in [0.1, 0.15) is 5.75 Å². The Morgan fingerprint density at radius 1 is 1.21 bits per heavy atom. The molecule has 1 amide bonds. The van der Waals surface area contributed by atoms with Crippen LogP contribution in [0.25, 0.3) is 0 Å². The summed E-state index contributed by atoms with van der Waals surface area (Å²) in [5.74, 6) is 0.938. The summed E-state index contributed by atoms with van der Waals surface area (Å²) in [5, 5.41) is 2.71. The molecule has 0 aliphatic rings. The largest absolute Gasteiger partial charge is 0.453 e. The zero-order valence-corrected chi connectivity index (χ0v) is 11.9. The number of amides is 1. The summed E-state index contributed by atoms with van der Waals surface area (Å²) in [5.41, 5.74) is 7.01. The third kappa shape index (κ3) is 3.48. The fourth-order valence-electron chi connectivity index (χ4n) is 1.58. The molecule has 0 saturated carbocycles. The third-order valence-corrected chi connectivity index (χ3v) is 2.88. The summed E-state index contributed by atoms with van der Waals surface area (Å²) in [7, 11) is 0. The molecule has 4 nitrogen and oxygen atoms in total. The number of ether oxygens (including phenoxy) is 1. The Kier molecular flexibility index (Phi) is 4.06. The lowest BCUT2D eigenvalue weighted by Crippen LogP contribution is -2.06. The van der Waals surface area contributed by atoms with Crippen molar-refractivity contribution < 1.29 is 9.53 Å². The molecule has 0 atom stereocenters. The van der Waals surface area contributed by atoms with Crippen LogP contribution in [0, 0.1) is 0 Å². The summed E-state index contributed by atoms with van der Waals surface area (Å²) < 4.78 is 6.62. The lowest BCUT2D eigenvalue weighted by atomic mass is 10.2. The molecule has 2 aromatic carbocycles. The number of nitrogen functional groups attached to an aromatic ring is 1. The average molecular weight is 321 g/mol. The normalized spacial score (nSPS) is 10.0. The van der Waals surface area contributed by atoms with Crippen LogP contribution in [0.15, 0.2) is 46.9 Å². The first-order valence-corrected chi connectivity index (χ1v) is 6.45. The lowest BCUT2D eigenvalue weighted by molar-refractivity contribution is -0.114. The fourth-order valence-corrected chi connectivity index (χ4v) is 1.96. The van der Waals surface area contributed by atoms with Gasteiger partial charge >= 0.3 is 0 Å². The van der Waals surface area contributed by atoms with Crippen LogP contribution in [-0.2, 0) is 4.79 Å². The number of rotatable bonds is 3. The van der Waals surface area contributed by atoms with Gasteiger partial charge < -0.3 is 15.8 Å². The highest BCUT2D eigenvalue weighted by molar-refractivity contribution is 9.10. The molecule has 98 valence electrons. The van der Waals surface area contributed by atoms with E-state index in [1.165, 1.54) is 6.92 Å². The standard InChI is InChI=1S/C14H13BrN2O2/c1-9(18)17-12-4-2-3-5-14(12)19-13-7-6-10(15)8-11(13)16/h2-8H,16H2,1H3,(H,17,18). The molecule has 0 spiro atoms. The molecule has 0 saturated heterocycles. The van der Waals surface area contributed by atoms with Crippen LogP contribution in [0.4, 0.5) is 11.4 Å². The Bertz CT molecular complexity index is 614. The summed E-state index contributed by atoms with van der Waals surface area (Å²) in [6.07, 6.45) is 0. The van der Waals surface area contributed by atoms with Gasteiger partial charge in [0, 0.05) is 11.4 Å². The van der Waals surface area contributed by atoms with Crippen LogP contribution >= 0.6 is 15.9 Å². The van der Waals surface area contributed by atoms with E-state index in [-0.39, 0.29) is 5.91 Å². The summed E-state index contributed by atoms with van der Waals surface area (Å²) in [6, 6.07) is 12.6. The predicted molar refractivity (Wildman–Crippen MR) is 79.4 cm³/mol. The van der Waals surface area contributed by atoms with Gasteiger partial charge in [-0.3, -0.25) is 4.79 Å². The Balaban J connectivity index is 2.30. The van der Waals surface area contributed by atoms with Crippen molar-refractivity contribution in [2.24, 2.45) is 0 Å². The molecule has 0 aliphatic heterocycles. The monoisotopic (exact) mass is 320 g/mol. The smallest absolute Gasteiger partial charge is 0.221 e. The molecule has 0 heterocycles. The van der Waals surface area contributed by atoms with E-state index in [1.807, 2.05) is 18.2 Å². The van der Waals surface area contributed by atoms with E-state index in [0.29, 0.717) is 22.9 Å². The number of carbonyl (C=O) groups excluding carboxylic acids is 1. The maximum Gasteiger partial charge on any atom is 0.221 e. The molecule has 0 fully saturated rings. The first-order valence-electron chi connectivity index (χ1n) is 5.66. The van der Waals surface area contributed by atoms with Gasteiger partial charge in [-0.1, -0.05) is 28.1 Å². The molecule has 0 bridgehead atoms. The van der Waals surface area contributed by atoms with Gasteiger partial charge in [-0.15, -0.1) is 0 Å². The van der Waals surface area contributed by atoms with E-state index in [2.05, 4.69) is 21.2 Å². The van der Waals surface area contributed by atoms with Gasteiger partial charge in [0.15, 0.2) is 5.75 Å². The molecule has 0 radical (unpaired) electrons. The first kappa shape index (κ1) is 13.4. The van der Waals surface area contributed by atoms with Crippen molar-refractivity contribution >= 4 is 33.2 Å². The van der Waals surface area contributed by atoms with Crippen LogP contribution in [0.3, 0.4) is 0 Å². The van der Waals surface area contributed by atoms with Crippen molar-refractivity contribution in [1.82, 2.24) is 0 Å². The van der Waals surface area contributed by atoms with E-state index < -0.39 is 0 Å². The summed E-state index contributed by atoms with van der Waals surface area (Å²) in [4.78, 5) is 11.1. The van der Waals surface area contributed by atoms with E-state index in [9.17, 15) is 4.79 Å². The van der Waals surface area contributed by atoms with Crippen LogP contribution in [0.5, 0.6) is 11.5 Å². The van der Waals surface area contributed by atoms with Gasteiger partial charge in [-0.25, -0.2) is 0 Å². The van der Waals surface area contributed by atoms with Crippen molar-refractivity contribution in [3.8, 4) is 11.5 Å². The second-order valence-corrected chi connectivity index (χ2v) is 4.88. The minimum atomic E-state index is -0.153. The predicted octanol–water partition coefficient (Wildman–Crippen LogP) is 3.78. The van der Waals surface area contributed by atoms with Gasteiger partial charge in [-0.05, 0) is 30.3 Å². The van der Waals surface area contributed by atoms with Crippen LogP contribution in [0.2, 0.25) is 0 Å². The molecule has 2 aromatic rings. The lowest BCUT2D eigenvalue weighted by Gasteiger charge is -2.12. The number of halogens is 1.